The molecule has 2 aromatic carbocycles. The number of esters is 2. The van der Waals surface area contributed by atoms with Crippen LogP contribution in [0.5, 0.6) is 0 Å². The summed E-state index contributed by atoms with van der Waals surface area (Å²) in [5.41, 5.74) is 2.25. The smallest absolute Gasteiger partial charge is 0.351 e. The largest absolute Gasteiger partial charge is 0.466 e. The first-order valence-electron chi connectivity index (χ1n) is 14.4. The van der Waals surface area contributed by atoms with E-state index >= 15 is 0 Å². The number of methoxy groups -OCH3 is 1. The number of ether oxygens (including phenoxy) is 3. The molecule has 0 spiro atoms. The van der Waals surface area contributed by atoms with Gasteiger partial charge < -0.3 is 28.6 Å². The van der Waals surface area contributed by atoms with Gasteiger partial charge in [0.15, 0.2) is 0 Å². The maximum atomic E-state index is 14.0. The van der Waals surface area contributed by atoms with Gasteiger partial charge in [-0.25, -0.2) is 14.0 Å². The third-order valence-electron chi connectivity index (χ3n) is 6.79. The summed E-state index contributed by atoms with van der Waals surface area (Å²) in [5.74, 6) is -3.53. The normalized spacial score (nSPS) is 16.0. The molecule has 45 heavy (non-hydrogen) atoms. The molecule has 1 aliphatic rings. The molecular weight excluding hydrogens is 694 g/mol. The van der Waals surface area contributed by atoms with Gasteiger partial charge in [0.05, 0.1) is 67.4 Å². The van der Waals surface area contributed by atoms with E-state index in [2.05, 4.69) is 26.6 Å². The van der Waals surface area contributed by atoms with Crippen LogP contribution in [0.3, 0.4) is 0 Å². The van der Waals surface area contributed by atoms with Crippen molar-refractivity contribution in [2.45, 2.75) is 39.4 Å². The second-order valence-corrected chi connectivity index (χ2v) is 13.1. The predicted molar refractivity (Wildman–Crippen MR) is 172 cm³/mol. The van der Waals surface area contributed by atoms with Crippen molar-refractivity contribution in [3.63, 3.8) is 0 Å². The molecule has 2 aromatic rings. The van der Waals surface area contributed by atoms with Gasteiger partial charge in [-0.1, -0.05) is 35.9 Å². The Balaban J connectivity index is 1.89. The fraction of sp³-hybridized carbons (Fsp3) is 0.419. The number of benzene rings is 2. The van der Waals surface area contributed by atoms with Crippen LogP contribution >= 0.6 is 35.1 Å². The molecule has 14 heteroatoms. The molecule has 0 saturated carbocycles. The van der Waals surface area contributed by atoms with Crippen LogP contribution in [0.15, 0.2) is 69.5 Å². The van der Waals surface area contributed by atoms with Gasteiger partial charge in [0.25, 0.3) is 0 Å². The van der Waals surface area contributed by atoms with E-state index in [1.54, 1.807) is 52.0 Å². The van der Waals surface area contributed by atoms with E-state index in [1.165, 1.54) is 25.3 Å². The first-order chi connectivity index (χ1) is 21.5. The minimum absolute atomic E-state index is 0.0656. The SMILES string of the molecule is CCOC(=O)C1=C(COCCNC(c2ccc(F)c(Br)c2)P(=O)(OCC)OCC)NC(C)=C(C(=O)OC)C1c1ccccc1Cl. The zero-order valence-corrected chi connectivity index (χ0v) is 29.0. The van der Waals surface area contributed by atoms with Crippen LogP contribution in [0, 0.1) is 5.82 Å². The highest BCUT2D eigenvalue weighted by Crippen LogP contribution is 2.59. The number of hydrogen-bond acceptors (Lipinski definition) is 10. The molecule has 2 unspecified atom stereocenters. The molecule has 0 saturated heterocycles. The Labute approximate surface area is 276 Å². The zero-order valence-electron chi connectivity index (χ0n) is 25.8. The van der Waals surface area contributed by atoms with Crippen LogP contribution in [0.25, 0.3) is 0 Å². The number of dihydropyridines is 1. The molecule has 0 fully saturated rings. The Morgan fingerprint density at radius 1 is 1.07 bits per heavy atom. The monoisotopic (exact) mass is 730 g/mol. The van der Waals surface area contributed by atoms with Crippen molar-refractivity contribution in [2.24, 2.45) is 0 Å². The molecule has 3 rings (SSSR count). The lowest BCUT2D eigenvalue weighted by Gasteiger charge is -2.32. The third kappa shape index (κ3) is 9.04. The highest BCUT2D eigenvalue weighted by molar-refractivity contribution is 9.10. The summed E-state index contributed by atoms with van der Waals surface area (Å²) in [4.78, 5) is 26.3. The minimum atomic E-state index is -3.72. The van der Waals surface area contributed by atoms with Gasteiger partial charge in [-0.3, -0.25) is 9.88 Å². The molecule has 0 bridgehead atoms. The molecular formula is C31H38BrClFN2O8P. The van der Waals surface area contributed by atoms with E-state index < -0.39 is 37.1 Å². The van der Waals surface area contributed by atoms with Crippen molar-refractivity contribution in [1.82, 2.24) is 10.6 Å². The van der Waals surface area contributed by atoms with Crippen molar-refractivity contribution in [3.05, 3.63) is 91.4 Å². The lowest BCUT2D eigenvalue weighted by molar-refractivity contribution is -0.139. The first kappa shape index (κ1) is 36.9. The van der Waals surface area contributed by atoms with E-state index in [0.29, 0.717) is 27.5 Å². The summed E-state index contributed by atoms with van der Waals surface area (Å²) in [6.07, 6.45) is 0. The molecule has 10 nitrogen and oxygen atoms in total. The van der Waals surface area contributed by atoms with E-state index in [0.717, 1.165) is 0 Å². The summed E-state index contributed by atoms with van der Waals surface area (Å²) in [7, 11) is -2.46. The summed E-state index contributed by atoms with van der Waals surface area (Å²) in [6.45, 7) is 7.38. The summed E-state index contributed by atoms with van der Waals surface area (Å²) in [6, 6.07) is 11.2. The standard InChI is InChI=1S/C31H38BrClFN2O8P/c1-6-42-31(38)28-25(36-19(4)26(30(37)40-5)27(28)21-11-9-10-12-23(21)33)18-41-16-15-35-29(45(39,43-7-2)44-8-3)20-13-14-24(34)22(32)17-20/h9-14,17,27,29,35-36H,6-8,15-16,18H2,1-5H3. The number of nitrogens with one attached hydrogen (secondary N) is 2. The topological polar surface area (TPSA) is 121 Å². The van der Waals surface area contributed by atoms with Crippen molar-refractivity contribution >= 4 is 47.1 Å². The molecule has 1 heterocycles. The Bertz CT molecular complexity index is 1480. The fourth-order valence-corrected chi connectivity index (χ4v) is 7.56. The molecule has 0 radical (unpaired) electrons. The van der Waals surface area contributed by atoms with E-state index in [4.69, 9.17) is 34.9 Å². The Morgan fingerprint density at radius 3 is 2.36 bits per heavy atom. The second kappa shape index (κ2) is 17.4. The number of carbonyl (C=O) groups excluding carboxylic acids is 2. The van der Waals surface area contributed by atoms with Gasteiger partial charge >= 0.3 is 19.5 Å². The third-order valence-corrected chi connectivity index (χ3v) is 10.1. The van der Waals surface area contributed by atoms with Crippen LogP contribution < -0.4 is 10.6 Å². The highest BCUT2D eigenvalue weighted by atomic mass is 79.9. The summed E-state index contributed by atoms with van der Waals surface area (Å²) < 4.78 is 55.6. The predicted octanol–water partition coefficient (Wildman–Crippen LogP) is 6.76. The Hall–Kier alpha value is -2.57. The molecule has 2 N–H and O–H groups in total. The van der Waals surface area contributed by atoms with Crippen LogP contribution in [0.1, 0.15) is 50.5 Å². The quantitative estimate of drug-likeness (QED) is 0.109. The lowest BCUT2D eigenvalue weighted by atomic mass is 9.80. The van der Waals surface area contributed by atoms with Gasteiger partial charge in [-0.05, 0) is 73.0 Å². The molecule has 0 amide bonds. The number of rotatable bonds is 16. The zero-order chi connectivity index (χ0) is 33.1. The van der Waals surface area contributed by atoms with Crippen LogP contribution in [0.4, 0.5) is 4.39 Å². The number of halogens is 3. The highest BCUT2D eigenvalue weighted by Gasteiger charge is 2.40. The summed E-state index contributed by atoms with van der Waals surface area (Å²) in [5, 5.41) is 6.65. The summed E-state index contributed by atoms with van der Waals surface area (Å²) >= 11 is 9.75. The second-order valence-electron chi connectivity index (χ2n) is 9.68. The van der Waals surface area contributed by atoms with E-state index in [-0.39, 0.29) is 55.2 Å². The minimum Gasteiger partial charge on any atom is -0.466 e. The lowest BCUT2D eigenvalue weighted by Crippen LogP contribution is -2.35. The molecule has 0 aromatic heterocycles. The van der Waals surface area contributed by atoms with Crippen molar-refractivity contribution in [3.8, 4) is 0 Å². The van der Waals surface area contributed by atoms with Crippen LogP contribution in [0.2, 0.25) is 5.02 Å². The van der Waals surface area contributed by atoms with Crippen LogP contribution in [-0.4, -0.2) is 58.6 Å². The Morgan fingerprint density at radius 2 is 1.76 bits per heavy atom. The molecule has 2 atom stereocenters. The molecule has 246 valence electrons. The van der Waals surface area contributed by atoms with Crippen LogP contribution in [-0.2, 0) is 37.4 Å². The average molecular weight is 732 g/mol. The van der Waals surface area contributed by atoms with Gasteiger partial charge in [0.1, 0.15) is 11.6 Å². The van der Waals surface area contributed by atoms with E-state index in [1.807, 2.05) is 0 Å². The fourth-order valence-electron chi connectivity index (χ4n) is 4.94. The van der Waals surface area contributed by atoms with Crippen molar-refractivity contribution < 1.29 is 41.8 Å². The maximum absolute atomic E-state index is 14.0. The molecule has 0 aliphatic carbocycles. The number of allylic oxidation sites excluding steroid dienone is 1. The number of carbonyl (C=O) groups is 2. The number of hydrogen-bond donors (Lipinski definition) is 2. The Kier molecular flexibility index (Phi) is 14.2. The maximum Gasteiger partial charge on any atom is 0.351 e. The van der Waals surface area contributed by atoms with Gasteiger partial charge in [-0.2, -0.15) is 0 Å². The van der Waals surface area contributed by atoms with Gasteiger partial charge in [0.2, 0.25) is 0 Å². The molecule has 1 aliphatic heterocycles. The van der Waals surface area contributed by atoms with Crippen molar-refractivity contribution in [2.75, 3.05) is 46.7 Å². The first-order valence-corrected chi connectivity index (χ1v) is 17.2. The van der Waals surface area contributed by atoms with E-state index in [9.17, 15) is 18.5 Å². The average Bonchev–Trinajstić information content (AvgIpc) is 3.00. The van der Waals surface area contributed by atoms with Gasteiger partial charge in [0, 0.05) is 17.3 Å². The van der Waals surface area contributed by atoms with Gasteiger partial charge in [-0.15, -0.1) is 0 Å². The van der Waals surface area contributed by atoms with Crippen molar-refractivity contribution in [1.29, 1.82) is 0 Å².